The zero-order valence-corrected chi connectivity index (χ0v) is 13.5. The fourth-order valence-electron chi connectivity index (χ4n) is 2.35. The molecule has 1 unspecified atom stereocenters. The molecule has 0 amide bonds. The highest BCUT2D eigenvalue weighted by atomic mass is 32.1. The Morgan fingerprint density at radius 2 is 2.00 bits per heavy atom. The molecule has 0 aliphatic rings. The standard InChI is InChI=1S/C16H23N3S/c1-5-19(6-2)15-8-7-14(11-17-15)18-13(4)16-12(3)9-10-20-16/h7-11,13,18H,5-6H2,1-4H3. The summed E-state index contributed by atoms with van der Waals surface area (Å²) in [4.78, 5) is 8.18. The maximum absolute atomic E-state index is 4.54. The molecule has 2 aromatic heterocycles. The van der Waals surface area contributed by atoms with Gasteiger partial charge in [0, 0.05) is 18.0 Å². The number of rotatable bonds is 6. The van der Waals surface area contributed by atoms with Crippen LogP contribution in [0.4, 0.5) is 11.5 Å². The van der Waals surface area contributed by atoms with Gasteiger partial charge in [-0.1, -0.05) is 0 Å². The lowest BCUT2D eigenvalue weighted by Crippen LogP contribution is -2.22. The first-order chi connectivity index (χ1) is 9.65. The van der Waals surface area contributed by atoms with Gasteiger partial charge in [-0.2, -0.15) is 0 Å². The maximum Gasteiger partial charge on any atom is 0.128 e. The number of aromatic nitrogens is 1. The Morgan fingerprint density at radius 3 is 2.50 bits per heavy atom. The molecule has 108 valence electrons. The van der Waals surface area contributed by atoms with Crippen molar-refractivity contribution in [3.8, 4) is 0 Å². The minimum Gasteiger partial charge on any atom is -0.376 e. The Labute approximate surface area is 125 Å². The van der Waals surface area contributed by atoms with Crippen LogP contribution in [0.25, 0.3) is 0 Å². The molecule has 2 aromatic rings. The Kier molecular flexibility index (Phi) is 5.01. The summed E-state index contributed by atoms with van der Waals surface area (Å²) in [6.07, 6.45) is 1.92. The van der Waals surface area contributed by atoms with Gasteiger partial charge in [0.15, 0.2) is 0 Å². The summed E-state index contributed by atoms with van der Waals surface area (Å²) < 4.78 is 0. The van der Waals surface area contributed by atoms with Crippen LogP contribution in [-0.4, -0.2) is 18.1 Å². The van der Waals surface area contributed by atoms with E-state index >= 15 is 0 Å². The van der Waals surface area contributed by atoms with Crippen molar-refractivity contribution in [1.29, 1.82) is 0 Å². The van der Waals surface area contributed by atoms with E-state index in [0.717, 1.165) is 24.6 Å². The van der Waals surface area contributed by atoms with Crippen molar-refractivity contribution < 1.29 is 0 Å². The number of anilines is 2. The van der Waals surface area contributed by atoms with Crippen LogP contribution in [0.2, 0.25) is 0 Å². The summed E-state index contributed by atoms with van der Waals surface area (Å²) >= 11 is 1.80. The normalized spacial score (nSPS) is 12.2. The van der Waals surface area contributed by atoms with E-state index in [1.54, 1.807) is 11.3 Å². The van der Waals surface area contributed by atoms with Gasteiger partial charge in [0.1, 0.15) is 5.82 Å². The quantitative estimate of drug-likeness (QED) is 0.850. The lowest BCUT2D eigenvalue weighted by molar-refractivity contribution is 0.844. The second-order valence-corrected chi connectivity index (χ2v) is 5.86. The number of aryl methyl sites for hydroxylation is 1. The number of nitrogens with one attached hydrogen (secondary N) is 1. The van der Waals surface area contributed by atoms with Crippen LogP contribution >= 0.6 is 11.3 Å². The Bertz CT molecular complexity index is 529. The van der Waals surface area contributed by atoms with E-state index in [1.165, 1.54) is 10.4 Å². The zero-order valence-electron chi connectivity index (χ0n) is 12.7. The molecule has 0 aliphatic heterocycles. The molecule has 0 aliphatic carbocycles. The lowest BCUT2D eigenvalue weighted by atomic mass is 10.2. The third-order valence-corrected chi connectivity index (χ3v) is 4.72. The molecule has 0 aromatic carbocycles. The van der Waals surface area contributed by atoms with Crippen LogP contribution in [0, 0.1) is 6.92 Å². The molecule has 2 rings (SSSR count). The zero-order chi connectivity index (χ0) is 14.5. The van der Waals surface area contributed by atoms with E-state index in [1.807, 2.05) is 6.20 Å². The Balaban J connectivity index is 2.06. The van der Waals surface area contributed by atoms with Gasteiger partial charge in [-0.15, -0.1) is 11.3 Å². The van der Waals surface area contributed by atoms with Crippen molar-refractivity contribution in [2.75, 3.05) is 23.3 Å². The average molecular weight is 289 g/mol. The first kappa shape index (κ1) is 14.9. The fraction of sp³-hybridized carbons (Fsp3) is 0.438. The van der Waals surface area contributed by atoms with Crippen LogP contribution in [0.5, 0.6) is 0 Å². The van der Waals surface area contributed by atoms with Gasteiger partial charge in [0.2, 0.25) is 0 Å². The third-order valence-electron chi connectivity index (χ3n) is 3.51. The Hall–Kier alpha value is -1.55. The number of hydrogen-bond donors (Lipinski definition) is 1. The van der Waals surface area contributed by atoms with Crippen LogP contribution in [0.1, 0.15) is 37.3 Å². The number of thiophene rings is 1. The molecule has 0 spiro atoms. The summed E-state index contributed by atoms with van der Waals surface area (Å²) in [5, 5.41) is 5.66. The van der Waals surface area contributed by atoms with Crippen molar-refractivity contribution in [3.05, 3.63) is 40.2 Å². The molecule has 0 saturated heterocycles. The van der Waals surface area contributed by atoms with Crippen LogP contribution in [0.3, 0.4) is 0 Å². The minimum atomic E-state index is 0.316. The fourth-order valence-corrected chi connectivity index (χ4v) is 3.29. The van der Waals surface area contributed by atoms with Crippen molar-refractivity contribution in [2.45, 2.75) is 33.7 Å². The predicted octanol–water partition coefficient (Wildman–Crippen LogP) is 4.47. The summed E-state index contributed by atoms with van der Waals surface area (Å²) in [6, 6.07) is 6.68. The van der Waals surface area contributed by atoms with E-state index in [4.69, 9.17) is 0 Å². The molecule has 0 saturated carbocycles. The van der Waals surface area contributed by atoms with Crippen molar-refractivity contribution in [3.63, 3.8) is 0 Å². The van der Waals surface area contributed by atoms with E-state index in [-0.39, 0.29) is 0 Å². The highest BCUT2D eigenvalue weighted by Crippen LogP contribution is 2.27. The molecule has 2 heterocycles. The largest absolute Gasteiger partial charge is 0.376 e. The molecule has 0 fully saturated rings. The van der Waals surface area contributed by atoms with Gasteiger partial charge in [-0.3, -0.25) is 0 Å². The first-order valence-corrected chi connectivity index (χ1v) is 8.05. The molecule has 3 nitrogen and oxygen atoms in total. The molecular weight excluding hydrogens is 266 g/mol. The van der Waals surface area contributed by atoms with E-state index < -0.39 is 0 Å². The van der Waals surface area contributed by atoms with E-state index in [9.17, 15) is 0 Å². The second kappa shape index (κ2) is 6.75. The number of pyridine rings is 1. The van der Waals surface area contributed by atoms with E-state index in [2.05, 4.69) is 66.5 Å². The third kappa shape index (κ3) is 3.31. The van der Waals surface area contributed by atoms with Crippen molar-refractivity contribution in [2.24, 2.45) is 0 Å². The average Bonchev–Trinajstić information content (AvgIpc) is 2.88. The van der Waals surface area contributed by atoms with Gasteiger partial charge >= 0.3 is 0 Å². The topological polar surface area (TPSA) is 28.2 Å². The van der Waals surface area contributed by atoms with Gasteiger partial charge in [0.05, 0.1) is 17.9 Å². The van der Waals surface area contributed by atoms with Crippen molar-refractivity contribution >= 4 is 22.8 Å². The molecule has 0 bridgehead atoms. The summed E-state index contributed by atoms with van der Waals surface area (Å²) in [7, 11) is 0. The minimum absolute atomic E-state index is 0.316. The summed E-state index contributed by atoms with van der Waals surface area (Å²) in [6.45, 7) is 10.6. The molecular formula is C16H23N3S. The molecule has 4 heteroatoms. The highest BCUT2D eigenvalue weighted by Gasteiger charge is 2.10. The van der Waals surface area contributed by atoms with Gasteiger partial charge in [0.25, 0.3) is 0 Å². The van der Waals surface area contributed by atoms with Crippen molar-refractivity contribution in [1.82, 2.24) is 4.98 Å². The first-order valence-electron chi connectivity index (χ1n) is 7.17. The second-order valence-electron chi connectivity index (χ2n) is 4.91. The van der Waals surface area contributed by atoms with Crippen LogP contribution < -0.4 is 10.2 Å². The maximum atomic E-state index is 4.54. The van der Waals surface area contributed by atoms with Crippen LogP contribution in [-0.2, 0) is 0 Å². The molecule has 20 heavy (non-hydrogen) atoms. The van der Waals surface area contributed by atoms with Gasteiger partial charge < -0.3 is 10.2 Å². The lowest BCUT2D eigenvalue weighted by Gasteiger charge is -2.20. The molecule has 0 radical (unpaired) electrons. The predicted molar refractivity (Wildman–Crippen MR) is 88.9 cm³/mol. The van der Waals surface area contributed by atoms with Crippen LogP contribution in [0.15, 0.2) is 29.8 Å². The smallest absolute Gasteiger partial charge is 0.128 e. The van der Waals surface area contributed by atoms with E-state index in [0.29, 0.717) is 6.04 Å². The Morgan fingerprint density at radius 1 is 1.25 bits per heavy atom. The SMILES string of the molecule is CCN(CC)c1ccc(NC(C)c2sccc2C)cn1. The summed E-state index contributed by atoms with van der Waals surface area (Å²) in [5.74, 6) is 1.04. The monoisotopic (exact) mass is 289 g/mol. The molecule has 1 N–H and O–H groups in total. The molecule has 1 atom stereocenters. The van der Waals surface area contributed by atoms with Gasteiger partial charge in [-0.05, 0) is 56.8 Å². The van der Waals surface area contributed by atoms with Gasteiger partial charge in [-0.25, -0.2) is 4.98 Å². The highest BCUT2D eigenvalue weighted by molar-refractivity contribution is 7.10. The number of hydrogen-bond acceptors (Lipinski definition) is 4. The number of nitrogens with zero attached hydrogens (tertiary/aromatic N) is 2. The summed E-state index contributed by atoms with van der Waals surface area (Å²) in [5.41, 5.74) is 2.42.